The topological polar surface area (TPSA) is 32.3 Å². The fourth-order valence-corrected chi connectivity index (χ4v) is 2.86. The van der Waals surface area contributed by atoms with Crippen molar-refractivity contribution in [3.05, 3.63) is 29.8 Å². The van der Waals surface area contributed by atoms with Gasteiger partial charge in [0.2, 0.25) is 0 Å². The molecule has 0 radical (unpaired) electrons. The Bertz CT molecular complexity index is 410. The van der Waals surface area contributed by atoms with E-state index in [1.165, 1.54) is 4.90 Å². The van der Waals surface area contributed by atoms with Gasteiger partial charge in [0.05, 0.1) is 0 Å². The molecule has 1 atom stereocenters. The third-order valence-electron chi connectivity index (χ3n) is 3.41. The lowest BCUT2D eigenvalue weighted by atomic mass is 10.1. The van der Waals surface area contributed by atoms with Crippen molar-refractivity contribution in [1.82, 2.24) is 10.2 Å². The predicted molar refractivity (Wildman–Crippen MR) is 83.5 cm³/mol. The zero-order valence-corrected chi connectivity index (χ0v) is 13.0. The molecule has 1 N–H and O–H groups in total. The summed E-state index contributed by atoms with van der Waals surface area (Å²) in [6, 6.07) is 8.25. The zero-order valence-electron chi connectivity index (χ0n) is 11.4. The summed E-state index contributed by atoms with van der Waals surface area (Å²) in [7, 11) is 1.94. The number of carbonyl (C=O) groups excluding carboxylic acids is 1. The van der Waals surface area contributed by atoms with Crippen LogP contribution in [0.15, 0.2) is 29.2 Å². The van der Waals surface area contributed by atoms with E-state index >= 15 is 0 Å². The maximum atomic E-state index is 12.4. The van der Waals surface area contributed by atoms with Crippen molar-refractivity contribution >= 4 is 30.1 Å². The number of likely N-dealkylation sites (N-methyl/N-ethyl adjacent to an activating group) is 1. The number of carbonyl (C=O) groups is 1. The molecule has 1 aromatic rings. The number of nitrogens with zero attached hydrogens (tertiary/aromatic N) is 1. The van der Waals surface area contributed by atoms with E-state index in [0.29, 0.717) is 6.04 Å². The maximum absolute atomic E-state index is 12.4. The van der Waals surface area contributed by atoms with Crippen molar-refractivity contribution in [2.24, 2.45) is 0 Å². The first-order valence-corrected chi connectivity index (χ1v) is 7.58. The number of halogens is 1. The summed E-state index contributed by atoms with van der Waals surface area (Å²) < 4.78 is 0. The minimum absolute atomic E-state index is 0. The van der Waals surface area contributed by atoms with Gasteiger partial charge >= 0.3 is 0 Å². The van der Waals surface area contributed by atoms with Crippen LogP contribution in [0.3, 0.4) is 0 Å². The molecule has 1 fully saturated rings. The molecule has 0 spiro atoms. The number of amides is 1. The molecule has 1 heterocycles. The van der Waals surface area contributed by atoms with Crippen LogP contribution in [0.2, 0.25) is 0 Å². The molecule has 1 aliphatic heterocycles. The summed E-state index contributed by atoms with van der Waals surface area (Å²) in [4.78, 5) is 15.6. The number of hydrogen-bond acceptors (Lipinski definition) is 3. The van der Waals surface area contributed by atoms with Crippen LogP contribution in [0.25, 0.3) is 0 Å². The van der Waals surface area contributed by atoms with Gasteiger partial charge in [0.1, 0.15) is 0 Å². The van der Waals surface area contributed by atoms with E-state index in [2.05, 4.69) is 5.32 Å². The van der Waals surface area contributed by atoms with Crippen molar-refractivity contribution in [2.75, 3.05) is 26.4 Å². The van der Waals surface area contributed by atoms with Crippen molar-refractivity contribution in [1.29, 1.82) is 0 Å². The average molecular weight is 301 g/mol. The maximum Gasteiger partial charge on any atom is 0.254 e. The minimum Gasteiger partial charge on any atom is -0.334 e. The van der Waals surface area contributed by atoms with Crippen molar-refractivity contribution in [3.63, 3.8) is 0 Å². The third kappa shape index (κ3) is 3.88. The Labute approximate surface area is 125 Å². The SMILES string of the molecule is CNCC1CCCN1C(=O)c1ccc(SC)cc1.Cl. The molecule has 1 amide bonds. The Morgan fingerprint density at radius 1 is 1.42 bits per heavy atom. The quantitative estimate of drug-likeness (QED) is 0.868. The Morgan fingerprint density at radius 2 is 2.11 bits per heavy atom. The Hall–Kier alpha value is -0.710. The molecule has 5 heteroatoms. The van der Waals surface area contributed by atoms with Gasteiger partial charge in [0, 0.05) is 29.6 Å². The normalized spacial score (nSPS) is 18.2. The van der Waals surface area contributed by atoms with Gasteiger partial charge in [-0.3, -0.25) is 4.79 Å². The highest BCUT2D eigenvalue weighted by Gasteiger charge is 2.28. The number of likely N-dealkylation sites (tertiary alicyclic amines) is 1. The first-order valence-electron chi connectivity index (χ1n) is 6.36. The zero-order chi connectivity index (χ0) is 13.0. The molecule has 0 saturated carbocycles. The van der Waals surface area contributed by atoms with E-state index in [0.717, 1.165) is 31.5 Å². The van der Waals surface area contributed by atoms with Crippen molar-refractivity contribution < 1.29 is 4.79 Å². The summed E-state index contributed by atoms with van der Waals surface area (Å²) in [5.41, 5.74) is 0.802. The summed E-state index contributed by atoms with van der Waals surface area (Å²) in [5.74, 6) is 0.167. The molecule has 1 unspecified atom stereocenters. The van der Waals surface area contributed by atoms with Gasteiger partial charge < -0.3 is 10.2 Å². The number of hydrogen-bond donors (Lipinski definition) is 1. The molecular weight excluding hydrogens is 280 g/mol. The van der Waals surface area contributed by atoms with Crippen LogP contribution in [0, 0.1) is 0 Å². The molecule has 106 valence electrons. The molecule has 3 nitrogen and oxygen atoms in total. The largest absolute Gasteiger partial charge is 0.334 e. The fourth-order valence-electron chi connectivity index (χ4n) is 2.45. The molecular formula is C14H21ClN2OS. The second-order valence-corrected chi connectivity index (χ2v) is 5.46. The second-order valence-electron chi connectivity index (χ2n) is 4.58. The molecule has 0 bridgehead atoms. The first-order chi connectivity index (χ1) is 8.76. The summed E-state index contributed by atoms with van der Waals surface area (Å²) in [6.45, 7) is 1.77. The molecule has 19 heavy (non-hydrogen) atoms. The number of benzene rings is 1. The van der Waals surface area contributed by atoms with Gasteiger partial charge in [-0.25, -0.2) is 0 Å². The van der Waals surface area contributed by atoms with E-state index in [9.17, 15) is 4.79 Å². The highest BCUT2D eigenvalue weighted by molar-refractivity contribution is 7.98. The van der Waals surface area contributed by atoms with Gasteiger partial charge in [-0.2, -0.15) is 0 Å². The van der Waals surface area contributed by atoms with Crippen LogP contribution >= 0.6 is 24.2 Å². The van der Waals surface area contributed by atoms with E-state index in [1.807, 2.05) is 42.5 Å². The van der Waals surface area contributed by atoms with Gasteiger partial charge in [0.15, 0.2) is 0 Å². The smallest absolute Gasteiger partial charge is 0.254 e. The lowest BCUT2D eigenvalue weighted by Crippen LogP contribution is -2.40. The van der Waals surface area contributed by atoms with Crippen LogP contribution in [0.1, 0.15) is 23.2 Å². The highest BCUT2D eigenvalue weighted by atomic mass is 35.5. The molecule has 2 rings (SSSR count). The van der Waals surface area contributed by atoms with Crippen LogP contribution < -0.4 is 5.32 Å². The van der Waals surface area contributed by atoms with E-state index < -0.39 is 0 Å². The number of rotatable bonds is 4. The van der Waals surface area contributed by atoms with Crippen molar-refractivity contribution in [3.8, 4) is 0 Å². The lowest BCUT2D eigenvalue weighted by molar-refractivity contribution is 0.0737. The molecule has 0 aromatic heterocycles. The lowest BCUT2D eigenvalue weighted by Gasteiger charge is -2.24. The first kappa shape index (κ1) is 16.3. The Kier molecular flexibility index (Phi) is 6.69. The Morgan fingerprint density at radius 3 is 2.68 bits per heavy atom. The Balaban J connectivity index is 0.00000180. The summed E-state index contributed by atoms with van der Waals surface area (Å²) in [6.07, 6.45) is 4.26. The van der Waals surface area contributed by atoms with Gasteiger partial charge in [0.25, 0.3) is 5.91 Å². The van der Waals surface area contributed by atoms with Crippen LogP contribution in [0.4, 0.5) is 0 Å². The van der Waals surface area contributed by atoms with E-state index in [1.54, 1.807) is 11.8 Å². The monoisotopic (exact) mass is 300 g/mol. The van der Waals surface area contributed by atoms with Crippen LogP contribution in [-0.2, 0) is 0 Å². The molecule has 0 aliphatic carbocycles. The predicted octanol–water partition coefficient (Wildman–Crippen LogP) is 2.65. The summed E-state index contributed by atoms with van der Waals surface area (Å²) in [5, 5.41) is 3.17. The van der Waals surface area contributed by atoms with Crippen LogP contribution in [0.5, 0.6) is 0 Å². The fraction of sp³-hybridized carbons (Fsp3) is 0.500. The number of thioether (sulfide) groups is 1. The number of nitrogens with one attached hydrogen (secondary N) is 1. The van der Waals surface area contributed by atoms with Gasteiger partial charge in [-0.05, 0) is 50.4 Å². The van der Waals surface area contributed by atoms with Gasteiger partial charge in [-0.1, -0.05) is 0 Å². The van der Waals surface area contributed by atoms with Crippen LogP contribution in [-0.4, -0.2) is 43.2 Å². The van der Waals surface area contributed by atoms with E-state index in [-0.39, 0.29) is 18.3 Å². The third-order valence-corrected chi connectivity index (χ3v) is 4.16. The molecule has 1 saturated heterocycles. The minimum atomic E-state index is 0. The van der Waals surface area contributed by atoms with Gasteiger partial charge in [-0.15, -0.1) is 24.2 Å². The molecule has 1 aromatic carbocycles. The standard InChI is InChI=1S/C14H20N2OS.ClH/c1-15-10-12-4-3-9-16(12)14(17)11-5-7-13(18-2)8-6-11;/h5-8,12,15H,3-4,9-10H2,1-2H3;1H. The highest BCUT2D eigenvalue weighted by Crippen LogP contribution is 2.21. The molecule has 1 aliphatic rings. The average Bonchev–Trinajstić information content (AvgIpc) is 2.87. The second kappa shape index (κ2) is 7.78. The van der Waals surface area contributed by atoms with Crippen molar-refractivity contribution in [2.45, 2.75) is 23.8 Å². The summed E-state index contributed by atoms with van der Waals surface area (Å²) >= 11 is 1.70. The van der Waals surface area contributed by atoms with E-state index in [4.69, 9.17) is 0 Å².